The van der Waals surface area contributed by atoms with Crippen molar-refractivity contribution in [3.63, 3.8) is 0 Å². The van der Waals surface area contributed by atoms with Gasteiger partial charge in [0.05, 0.1) is 0 Å². The van der Waals surface area contributed by atoms with E-state index in [1.807, 2.05) is 121 Å². The Balaban J connectivity index is 0.000000305. The Kier molecular flexibility index (Phi) is 18.1. The Morgan fingerprint density at radius 1 is 0.309 bits per heavy atom. The summed E-state index contributed by atoms with van der Waals surface area (Å²) < 4.78 is 0. The van der Waals surface area contributed by atoms with Gasteiger partial charge < -0.3 is 36.1 Å². The summed E-state index contributed by atoms with van der Waals surface area (Å²) in [6.07, 6.45) is -0.333. The summed E-state index contributed by atoms with van der Waals surface area (Å²) in [6, 6.07) is 45.7. The van der Waals surface area contributed by atoms with Crippen molar-refractivity contribution in [3.05, 3.63) is 146 Å². The third kappa shape index (κ3) is 11.2. The Labute approximate surface area is 351 Å². The molecule has 0 aliphatic carbocycles. The first-order chi connectivity index (χ1) is 25.0. The molecule has 0 radical (unpaired) electrons. The van der Waals surface area contributed by atoms with Gasteiger partial charge in [0.2, 0.25) is 0 Å². The van der Waals surface area contributed by atoms with Crippen LogP contribution < -0.4 is 0 Å². The first-order valence-electron chi connectivity index (χ1n) is 17.2. The molecule has 0 saturated heterocycles. The van der Waals surface area contributed by atoms with Crippen LogP contribution >= 0.6 is 0 Å². The average molecular weight is 807 g/mol. The third-order valence-electron chi connectivity index (χ3n) is 8.13. The molecular weight excluding hydrogens is 760 g/mol. The molecule has 280 valence electrons. The normalized spacial score (nSPS) is 10.2. The van der Waals surface area contributed by atoms with E-state index in [-0.39, 0.29) is 84.1 Å². The van der Waals surface area contributed by atoms with Crippen LogP contribution in [0.1, 0.15) is 27.7 Å². The van der Waals surface area contributed by atoms with Crippen molar-refractivity contribution < 1.29 is 79.6 Å². The molecule has 0 saturated carbocycles. The molecule has 7 nitrogen and oxygen atoms in total. The largest absolute Gasteiger partial charge is 0.507 e. The van der Waals surface area contributed by atoms with Crippen molar-refractivity contribution in [2.24, 2.45) is 0 Å². The summed E-state index contributed by atoms with van der Waals surface area (Å²) in [5, 5.41) is 65.7. The molecule has 8 N–H and O–H groups in total. The van der Waals surface area contributed by atoms with Crippen molar-refractivity contribution in [3.8, 4) is 45.3 Å². The fourth-order valence-corrected chi connectivity index (χ4v) is 6.09. The van der Waals surface area contributed by atoms with Gasteiger partial charge in [0.15, 0.2) is 0 Å². The number of hydrogen-bond donors (Lipinski definition) is 6. The second-order valence-electron chi connectivity index (χ2n) is 12.9. The molecule has 0 aromatic heterocycles. The van der Waals surface area contributed by atoms with E-state index in [1.165, 1.54) is 0 Å². The molecule has 0 unspecified atom stereocenters. The van der Waals surface area contributed by atoms with Crippen molar-refractivity contribution in [2.45, 2.75) is 39.9 Å². The minimum Gasteiger partial charge on any atom is -0.507 e. The van der Waals surface area contributed by atoms with E-state index in [0.717, 1.165) is 43.1 Å². The molecule has 8 aromatic carbocycles. The number of aliphatic hydroxyl groups excluding tert-OH is 2. The number of rotatable bonds is 2. The van der Waals surface area contributed by atoms with Crippen LogP contribution in [-0.2, 0) is 43.4 Å². The van der Waals surface area contributed by atoms with Crippen LogP contribution in [0, 0.1) is 0 Å². The zero-order valence-corrected chi connectivity index (χ0v) is 34.3. The molecule has 55 heavy (non-hydrogen) atoms. The third-order valence-corrected chi connectivity index (χ3v) is 8.13. The molecular formula is C46H46O7Ti2. The number of aromatic hydroxyl groups is 4. The second-order valence-corrected chi connectivity index (χ2v) is 12.9. The molecule has 9 heteroatoms. The minimum atomic E-state index is -0.167. The Morgan fingerprint density at radius 3 is 0.655 bits per heavy atom. The van der Waals surface area contributed by atoms with Crippen molar-refractivity contribution >= 4 is 43.1 Å². The molecule has 0 amide bonds. The molecule has 8 rings (SSSR count). The summed E-state index contributed by atoms with van der Waals surface area (Å²) in [5.74, 6) is 0.686. The number of aliphatic hydroxyl groups is 2. The van der Waals surface area contributed by atoms with E-state index in [4.69, 9.17) is 10.2 Å². The summed E-state index contributed by atoms with van der Waals surface area (Å²) in [4.78, 5) is 0. The topological polar surface area (TPSA) is 153 Å². The maximum Gasteiger partial charge on any atom is 0.124 e. The minimum absolute atomic E-state index is 0. The van der Waals surface area contributed by atoms with E-state index in [0.29, 0.717) is 22.3 Å². The van der Waals surface area contributed by atoms with Crippen molar-refractivity contribution in [2.75, 3.05) is 0 Å². The molecule has 0 bridgehead atoms. The fourth-order valence-electron chi connectivity index (χ4n) is 6.09. The zero-order chi connectivity index (χ0) is 37.4. The van der Waals surface area contributed by atoms with Crippen molar-refractivity contribution in [1.29, 1.82) is 0 Å². The van der Waals surface area contributed by atoms with Crippen LogP contribution in [0.3, 0.4) is 0 Å². The summed E-state index contributed by atoms with van der Waals surface area (Å²) in [6.45, 7) is 6.89. The maximum atomic E-state index is 10.4. The fraction of sp³-hybridized carbons (Fsp3) is 0.130. The predicted molar refractivity (Wildman–Crippen MR) is 219 cm³/mol. The Morgan fingerprint density at radius 2 is 0.473 bits per heavy atom. The smallest absolute Gasteiger partial charge is 0.124 e. The number of hydrogen-bond acceptors (Lipinski definition) is 6. The Hall–Kier alpha value is -4.69. The van der Waals surface area contributed by atoms with Gasteiger partial charge in [-0.15, -0.1) is 0 Å². The van der Waals surface area contributed by atoms with Gasteiger partial charge in [-0.2, -0.15) is 0 Å². The van der Waals surface area contributed by atoms with Crippen molar-refractivity contribution in [1.82, 2.24) is 0 Å². The zero-order valence-electron chi connectivity index (χ0n) is 31.2. The van der Waals surface area contributed by atoms with Crippen LogP contribution in [0.2, 0.25) is 0 Å². The van der Waals surface area contributed by atoms with Gasteiger partial charge >= 0.3 is 0 Å². The summed E-state index contributed by atoms with van der Waals surface area (Å²) >= 11 is 0. The first kappa shape index (κ1) is 46.5. The second kappa shape index (κ2) is 21.4. The average Bonchev–Trinajstić information content (AvgIpc) is 3.12. The van der Waals surface area contributed by atoms with Crippen LogP contribution in [0.5, 0.6) is 23.0 Å². The van der Waals surface area contributed by atoms with E-state index < -0.39 is 0 Å². The van der Waals surface area contributed by atoms with Gasteiger partial charge in [0.25, 0.3) is 0 Å². The summed E-state index contributed by atoms with van der Waals surface area (Å²) in [5.41, 5.74) is 2.69. The predicted octanol–water partition coefficient (Wildman–Crippen LogP) is 10.1. The molecule has 0 aliphatic rings. The van der Waals surface area contributed by atoms with Gasteiger partial charge in [-0.3, -0.25) is 0 Å². The molecule has 0 atom stereocenters. The SMILES string of the molecule is CC(C)O.CC(C)O.O.Oc1ccc2ccccc2c1-c1c(O)ccc2ccccc12.Oc1ccc2ccccc2c1-c1c(O)ccc2ccccc12.[Ti].[Ti]. The standard InChI is InChI=1S/2C20H14O2.2C3H8O.H2O.2Ti/c2*21-17-11-9-13-5-1-3-7-15(13)19(17)20-16-8-4-2-6-14(16)10-12-18(20)22;2*1-3(2)4;;;/h2*1-12,21-22H;2*3-4H,1-2H3;1H2;;. The first-order valence-corrected chi connectivity index (χ1v) is 17.2. The molecule has 0 aliphatic heterocycles. The number of phenols is 4. The molecule has 8 aromatic rings. The van der Waals surface area contributed by atoms with E-state index >= 15 is 0 Å². The molecule has 0 fully saturated rings. The van der Waals surface area contributed by atoms with Crippen LogP contribution in [-0.4, -0.2) is 48.3 Å². The van der Waals surface area contributed by atoms with E-state index in [9.17, 15) is 20.4 Å². The number of benzene rings is 8. The van der Waals surface area contributed by atoms with Gasteiger partial charge in [-0.05, 0) is 95.1 Å². The van der Waals surface area contributed by atoms with Gasteiger partial charge in [-0.25, -0.2) is 0 Å². The molecule has 0 heterocycles. The summed E-state index contributed by atoms with van der Waals surface area (Å²) in [7, 11) is 0. The van der Waals surface area contributed by atoms with Crippen LogP contribution in [0.15, 0.2) is 146 Å². The van der Waals surface area contributed by atoms with E-state index in [2.05, 4.69) is 0 Å². The van der Waals surface area contributed by atoms with E-state index in [1.54, 1.807) is 52.0 Å². The van der Waals surface area contributed by atoms with Crippen LogP contribution in [0.4, 0.5) is 0 Å². The quantitative estimate of drug-likeness (QED) is 0.0957. The van der Waals surface area contributed by atoms with Crippen LogP contribution in [0.25, 0.3) is 65.3 Å². The monoisotopic (exact) mass is 806 g/mol. The number of phenolic OH excluding ortho intramolecular Hbond substituents is 4. The molecule has 0 spiro atoms. The Bertz CT molecular complexity index is 2120. The van der Waals surface area contributed by atoms with Gasteiger partial charge in [0, 0.05) is 77.9 Å². The number of fused-ring (bicyclic) bond motifs is 4. The van der Waals surface area contributed by atoms with Gasteiger partial charge in [-0.1, -0.05) is 121 Å². The maximum absolute atomic E-state index is 10.4. The van der Waals surface area contributed by atoms with Gasteiger partial charge in [0.1, 0.15) is 23.0 Å².